The van der Waals surface area contributed by atoms with E-state index in [0.717, 1.165) is 21.4 Å². The molecular weight excluding hydrogens is 316 g/mol. The topological polar surface area (TPSA) is 17.1 Å². The van der Waals surface area contributed by atoms with Crippen molar-refractivity contribution in [2.75, 3.05) is 0 Å². The minimum Gasteiger partial charge on any atom is -0.456 e. The van der Waals surface area contributed by atoms with Gasteiger partial charge < -0.3 is 13.4 Å². The molecule has 0 saturated heterocycles. The smallest absolute Gasteiger partial charge is 0.456 e. The van der Waals surface area contributed by atoms with Crippen LogP contribution in [0.2, 0.25) is 15.1 Å². The van der Waals surface area contributed by atoms with E-state index >= 15 is 0 Å². The van der Waals surface area contributed by atoms with E-state index in [2.05, 4.69) is 0 Å². The summed E-state index contributed by atoms with van der Waals surface area (Å²) in [6.07, 6.45) is 5.95. The van der Waals surface area contributed by atoms with Gasteiger partial charge in [-0.3, -0.25) is 0 Å². The SMILES string of the molecule is O=C([P-]C1CCCCC1)c1c(Cl)cc(Cl)cc1Cl.[Li+]. The number of benzene rings is 1. The molecule has 0 amide bonds. The number of hydrogen-bond acceptors (Lipinski definition) is 1. The molecule has 0 heterocycles. The maximum absolute atomic E-state index is 12.2. The largest absolute Gasteiger partial charge is 1.00 e. The first-order valence-electron chi connectivity index (χ1n) is 5.97. The molecule has 0 unspecified atom stereocenters. The second kappa shape index (κ2) is 8.28. The van der Waals surface area contributed by atoms with E-state index in [0.29, 0.717) is 26.3 Å². The summed E-state index contributed by atoms with van der Waals surface area (Å²) in [5, 5.41) is 1.15. The van der Waals surface area contributed by atoms with Crippen LogP contribution in [0.5, 0.6) is 0 Å². The van der Waals surface area contributed by atoms with Gasteiger partial charge in [0.15, 0.2) is 0 Å². The molecule has 1 aromatic rings. The van der Waals surface area contributed by atoms with Crippen molar-refractivity contribution in [2.45, 2.75) is 37.8 Å². The summed E-state index contributed by atoms with van der Waals surface area (Å²) in [5.41, 5.74) is 0.873. The normalized spacial score (nSPS) is 16.6. The van der Waals surface area contributed by atoms with Gasteiger partial charge in [-0.25, -0.2) is 0 Å². The Hall–Kier alpha value is 0.787. The van der Waals surface area contributed by atoms with Crippen LogP contribution in [0.3, 0.4) is 0 Å². The van der Waals surface area contributed by atoms with Crippen LogP contribution in [-0.4, -0.2) is 11.2 Å². The monoisotopic (exact) mass is 328 g/mol. The van der Waals surface area contributed by atoms with Crippen molar-refractivity contribution in [1.82, 2.24) is 0 Å². The van der Waals surface area contributed by atoms with Crippen LogP contribution >= 0.6 is 43.4 Å². The Morgan fingerprint density at radius 2 is 1.58 bits per heavy atom. The summed E-state index contributed by atoms with van der Waals surface area (Å²) in [6, 6.07) is 3.14. The molecule has 1 fully saturated rings. The van der Waals surface area contributed by atoms with Gasteiger partial charge in [0.2, 0.25) is 0 Å². The molecule has 0 bridgehead atoms. The first-order valence-corrected chi connectivity index (χ1v) is 8.07. The number of rotatable bonds is 3. The van der Waals surface area contributed by atoms with Gasteiger partial charge in [-0.2, -0.15) is 5.66 Å². The van der Waals surface area contributed by atoms with Crippen LogP contribution in [0.1, 0.15) is 42.5 Å². The predicted molar refractivity (Wildman–Crippen MR) is 79.6 cm³/mol. The molecule has 0 N–H and O–H groups in total. The minimum absolute atomic E-state index is 0. The molecule has 19 heavy (non-hydrogen) atoms. The summed E-state index contributed by atoms with van der Waals surface area (Å²) in [7, 11) is 0.814. The average Bonchev–Trinajstić information content (AvgIpc) is 2.28. The van der Waals surface area contributed by atoms with Crippen molar-refractivity contribution in [3.8, 4) is 0 Å². The Balaban J connectivity index is 0.00000180. The second-order valence-corrected chi connectivity index (χ2v) is 7.12. The standard InChI is InChI=1S/C13H13Cl3OP.Li/c14-8-6-10(15)12(11(16)7-8)13(17)18-9-4-2-1-3-5-9;/h6-7,9H,1-5H2;/q-1;+1. The molecular formula is C13H13Cl3LiOP. The average molecular weight is 330 g/mol. The van der Waals surface area contributed by atoms with Gasteiger partial charge in [0.1, 0.15) is 0 Å². The molecule has 98 valence electrons. The maximum atomic E-state index is 12.2. The van der Waals surface area contributed by atoms with Crippen LogP contribution in [0.4, 0.5) is 0 Å². The molecule has 6 heteroatoms. The summed E-state index contributed by atoms with van der Waals surface area (Å²) in [6.45, 7) is 0. The molecule has 0 aliphatic heterocycles. The maximum Gasteiger partial charge on any atom is 1.00 e. The molecule has 2 rings (SSSR count). The number of carbonyl (C=O) groups excluding carboxylic acids is 1. The van der Waals surface area contributed by atoms with Crippen molar-refractivity contribution in [2.24, 2.45) is 0 Å². The van der Waals surface area contributed by atoms with Gasteiger partial charge in [-0.05, 0) is 12.1 Å². The number of carbonyl (C=O) groups is 1. The van der Waals surface area contributed by atoms with Gasteiger partial charge in [0.05, 0.1) is 10.0 Å². The third-order valence-corrected chi connectivity index (χ3v) is 5.25. The van der Waals surface area contributed by atoms with Gasteiger partial charge in [-0.15, -0.1) is 0 Å². The molecule has 0 spiro atoms. The fourth-order valence-corrected chi connectivity index (χ4v) is 4.63. The second-order valence-electron chi connectivity index (χ2n) is 4.47. The molecule has 1 aromatic carbocycles. The molecule has 0 radical (unpaired) electrons. The molecule has 1 aliphatic carbocycles. The van der Waals surface area contributed by atoms with E-state index in [1.807, 2.05) is 0 Å². The molecule has 1 saturated carbocycles. The van der Waals surface area contributed by atoms with E-state index in [1.54, 1.807) is 12.1 Å². The van der Waals surface area contributed by atoms with Crippen molar-refractivity contribution in [1.29, 1.82) is 0 Å². The third kappa shape index (κ3) is 4.93. The Bertz CT molecular complexity index is 438. The van der Waals surface area contributed by atoms with E-state index in [9.17, 15) is 4.79 Å². The van der Waals surface area contributed by atoms with Crippen molar-refractivity contribution in [3.63, 3.8) is 0 Å². The van der Waals surface area contributed by atoms with Gasteiger partial charge in [0.25, 0.3) is 0 Å². The van der Waals surface area contributed by atoms with Crippen molar-refractivity contribution < 1.29 is 23.7 Å². The van der Waals surface area contributed by atoms with E-state index in [-0.39, 0.29) is 24.4 Å². The quantitative estimate of drug-likeness (QED) is 0.615. The van der Waals surface area contributed by atoms with Gasteiger partial charge in [-0.1, -0.05) is 66.9 Å². The Morgan fingerprint density at radius 1 is 1.05 bits per heavy atom. The van der Waals surface area contributed by atoms with Crippen LogP contribution < -0.4 is 18.9 Å². The van der Waals surface area contributed by atoms with Crippen LogP contribution in [0.15, 0.2) is 12.1 Å². The zero-order valence-corrected chi connectivity index (χ0v) is 13.9. The zero-order chi connectivity index (χ0) is 13.1. The number of hydrogen-bond donors (Lipinski definition) is 0. The van der Waals surface area contributed by atoms with Crippen molar-refractivity contribution in [3.05, 3.63) is 32.8 Å². The molecule has 0 aromatic heterocycles. The third-order valence-electron chi connectivity index (χ3n) is 3.10. The van der Waals surface area contributed by atoms with Crippen LogP contribution in [-0.2, 0) is 0 Å². The van der Waals surface area contributed by atoms with Crippen LogP contribution in [0.25, 0.3) is 0 Å². The summed E-state index contributed by atoms with van der Waals surface area (Å²) in [4.78, 5) is 12.2. The van der Waals surface area contributed by atoms with Gasteiger partial charge >= 0.3 is 18.9 Å². The zero-order valence-electron chi connectivity index (χ0n) is 10.8. The Morgan fingerprint density at radius 3 is 2.11 bits per heavy atom. The fraction of sp³-hybridized carbons (Fsp3) is 0.462. The number of halogens is 3. The first-order chi connectivity index (χ1) is 8.58. The predicted octanol–water partition coefficient (Wildman–Crippen LogP) is 3.07. The summed E-state index contributed by atoms with van der Waals surface area (Å²) < 4.78 is 0. The van der Waals surface area contributed by atoms with E-state index < -0.39 is 0 Å². The van der Waals surface area contributed by atoms with Crippen molar-refractivity contribution >= 4 is 48.9 Å². The molecule has 1 nitrogen and oxygen atoms in total. The van der Waals surface area contributed by atoms with Crippen LogP contribution in [0, 0.1) is 0 Å². The van der Waals surface area contributed by atoms with Gasteiger partial charge in [0, 0.05) is 16.1 Å². The first kappa shape index (κ1) is 17.8. The fourth-order valence-electron chi connectivity index (χ4n) is 2.19. The molecule has 1 aliphatic rings. The Kier molecular flexibility index (Phi) is 7.78. The van der Waals surface area contributed by atoms with E-state index in [4.69, 9.17) is 34.8 Å². The molecule has 0 atom stereocenters. The van der Waals surface area contributed by atoms with E-state index in [1.165, 1.54) is 19.3 Å². The Labute approximate surface area is 142 Å². The summed E-state index contributed by atoms with van der Waals surface area (Å²) >= 11 is 17.9. The minimum atomic E-state index is 0. The summed E-state index contributed by atoms with van der Waals surface area (Å²) in [5.74, 6) is 0.